The van der Waals surface area contributed by atoms with Gasteiger partial charge in [-0.25, -0.2) is 0 Å². The van der Waals surface area contributed by atoms with Gasteiger partial charge in [0.05, 0.1) is 18.6 Å². The molecule has 0 radical (unpaired) electrons. The van der Waals surface area contributed by atoms with Crippen LogP contribution < -0.4 is 4.74 Å². The molecule has 0 spiro atoms. The number of amides is 1. The number of benzene rings is 1. The van der Waals surface area contributed by atoms with Gasteiger partial charge in [0.2, 0.25) is 5.91 Å². The summed E-state index contributed by atoms with van der Waals surface area (Å²) in [4.78, 5) is 19.1. The van der Waals surface area contributed by atoms with Gasteiger partial charge in [-0.15, -0.1) is 0 Å². The fourth-order valence-corrected chi connectivity index (χ4v) is 3.02. The van der Waals surface area contributed by atoms with E-state index < -0.39 is 0 Å². The van der Waals surface area contributed by atoms with Crippen LogP contribution >= 0.6 is 0 Å². The van der Waals surface area contributed by atoms with E-state index in [1.807, 2.05) is 61.5 Å². The molecule has 0 unspecified atom stereocenters. The maximum atomic E-state index is 13.1. The molecule has 0 saturated heterocycles. The number of nitrogens with zero attached hydrogens (tertiary/aromatic N) is 2. The van der Waals surface area contributed by atoms with E-state index >= 15 is 0 Å². The fraction of sp³-hybridized carbons (Fsp3) is 0.368. The molecule has 1 amide bonds. The van der Waals surface area contributed by atoms with Crippen LogP contribution in [0.1, 0.15) is 36.9 Å². The van der Waals surface area contributed by atoms with Crippen LogP contribution in [0.5, 0.6) is 5.75 Å². The van der Waals surface area contributed by atoms with E-state index in [2.05, 4.69) is 4.98 Å². The van der Waals surface area contributed by atoms with Crippen molar-refractivity contribution in [3.8, 4) is 5.75 Å². The van der Waals surface area contributed by atoms with E-state index in [0.717, 1.165) is 29.7 Å². The molecule has 2 aromatic rings. The van der Waals surface area contributed by atoms with Gasteiger partial charge in [-0.3, -0.25) is 9.78 Å². The van der Waals surface area contributed by atoms with Crippen LogP contribution in [-0.2, 0) is 10.2 Å². The van der Waals surface area contributed by atoms with Crippen LogP contribution in [0.2, 0.25) is 0 Å². The van der Waals surface area contributed by atoms with Crippen molar-refractivity contribution in [3.63, 3.8) is 0 Å². The number of rotatable bonds is 5. The SMILES string of the molecule is COc1ccc(C2(C(=O)N(C)[C@@H](C)c3cccnc3)CC2)cc1. The fourth-order valence-electron chi connectivity index (χ4n) is 3.02. The molecule has 1 aromatic carbocycles. The van der Waals surface area contributed by atoms with Gasteiger partial charge in [-0.1, -0.05) is 18.2 Å². The molecule has 0 bridgehead atoms. The minimum absolute atomic E-state index is 0.00641. The normalized spacial score (nSPS) is 16.5. The number of methoxy groups -OCH3 is 1. The van der Waals surface area contributed by atoms with Crippen molar-refractivity contribution in [2.75, 3.05) is 14.2 Å². The number of aromatic nitrogens is 1. The van der Waals surface area contributed by atoms with Crippen LogP contribution in [-0.4, -0.2) is 29.9 Å². The van der Waals surface area contributed by atoms with Gasteiger partial charge in [-0.05, 0) is 49.1 Å². The average molecular weight is 310 g/mol. The molecule has 4 heteroatoms. The Hall–Kier alpha value is -2.36. The highest BCUT2D eigenvalue weighted by Gasteiger charge is 2.53. The number of hydrogen-bond donors (Lipinski definition) is 0. The van der Waals surface area contributed by atoms with Gasteiger partial charge < -0.3 is 9.64 Å². The summed E-state index contributed by atoms with van der Waals surface area (Å²) in [6.45, 7) is 2.04. The molecule has 4 nitrogen and oxygen atoms in total. The molecule has 1 saturated carbocycles. The van der Waals surface area contributed by atoms with Crippen molar-refractivity contribution < 1.29 is 9.53 Å². The van der Waals surface area contributed by atoms with Gasteiger partial charge in [0, 0.05) is 19.4 Å². The van der Waals surface area contributed by atoms with Crippen molar-refractivity contribution in [1.29, 1.82) is 0 Å². The summed E-state index contributed by atoms with van der Waals surface area (Å²) in [5.41, 5.74) is 1.76. The first-order valence-electron chi connectivity index (χ1n) is 7.90. The Morgan fingerprint density at radius 1 is 1.26 bits per heavy atom. The zero-order valence-electron chi connectivity index (χ0n) is 13.8. The minimum Gasteiger partial charge on any atom is -0.497 e. The molecule has 1 aromatic heterocycles. The van der Waals surface area contributed by atoms with Crippen LogP contribution in [0.4, 0.5) is 0 Å². The molecule has 1 fully saturated rings. The highest BCUT2D eigenvalue weighted by atomic mass is 16.5. The van der Waals surface area contributed by atoms with Crippen molar-refractivity contribution >= 4 is 5.91 Å². The predicted octanol–water partition coefficient (Wildman–Crippen LogP) is 3.34. The highest BCUT2D eigenvalue weighted by molar-refractivity contribution is 5.91. The van der Waals surface area contributed by atoms with E-state index in [-0.39, 0.29) is 17.4 Å². The smallest absolute Gasteiger partial charge is 0.233 e. The highest BCUT2D eigenvalue weighted by Crippen LogP contribution is 2.50. The van der Waals surface area contributed by atoms with Crippen molar-refractivity contribution in [2.45, 2.75) is 31.2 Å². The molecule has 1 heterocycles. The molecule has 1 aliphatic rings. The van der Waals surface area contributed by atoms with E-state index in [0.29, 0.717) is 0 Å². The number of likely N-dealkylation sites (N-methyl/N-ethyl adjacent to an activating group) is 1. The third kappa shape index (κ3) is 2.81. The van der Waals surface area contributed by atoms with Gasteiger partial charge in [-0.2, -0.15) is 0 Å². The second-order valence-electron chi connectivity index (χ2n) is 6.19. The Labute approximate surface area is 137 Å². The monoisotopic (exact) mass is 310 g/mol. The molecule has 23 heavy (non-hydrogen) atoms. The molecule has 120 valence electrons. The number of ether oxygens (including phenoxy) is 1. The van der Waals surface area contributed by atoms with Crippen LogP contribution in [0.25, 0.3) is 0 Å². The predicted molar refractivity (Wildman–Crippen MR) is 89.3 cm³/mol. The van der Waals surface area contributed by atoms with Gasteiger partial charge in [0.1, 0.15) is 5.75 Å². The first-order chi connectivity index (χ1) is 11.1. The van der Waals surface area contributed by atoms with E-state index in [1.54, 1.807) is 13.3 Å². The summed E-state index contributed by atoms with van der Waals surface area (Å²) in [6.07, 6.45) is 5.38. The van der Waals surface area contributed by atoms with E-state index in [4.69, 9.17) is 4.74 Å². The standard InChI is InChI=1S/C19H22N2O2/c1-14(15-5-4-12-20-13-15)21(2)18(22)19(10-11-19)16-6-8-17(23-3)9-7-16/h4-9,12-14H,10-11H2,1-3H3/t14-/m0/s1. The second kappa shape index (κ2) is 6.03. The third-order valence-corrected chi connectivity index (χ3v) is 4.87. The summed E-state index contributed by atoms with van der Waals surface area (Å²) in [5.74, 6) is 0.994. The first kappa shape index (κ1) is 15.5. The van der Waals surface area contributed by atoms with Gasteiger partial charge >= 0.3 is 0 Å². The summed E-state index contributed by atoms with van der Waals surface area (Å²) in [5, 5.41) is 0. The lowest BCUT2D eigenvalue weighted by Gasteiger charge is -2.29. The van der Waals surface area contributed by atoms with Crippen LogP contribution in [0.3, 0.4) is 0 Å². The molecule has 1 atom stereocenters. The molecule has 3 rings (SSSR count). The zero-order valence-corrected chi connectivity index (χ0v) is 13.8. The quantitative estimate of drug-likeness (QED) is 0.850. The lowest BCUT2D eigenvalue weighted by atomic mass is 9.93. The number of pyridine rings is 1. The maximum absolute atomic E-state index is 13.1. The molecule has 1 aliphatic carbocycles. The summed E-state index contributed by atoms with van der Waals surface area (Å²) >= 11 is 0. The molecular weight excluding hydrogens is 288 g/mol. The summed E-state index contributed by atoms with van der Waals surface area (Å²) in [6, 6.07) is 11.8. The van der Waals surface area contributed by atoms with Gasteiger partial charge in [0.25, 0.3) is 0 Å². The van der Waals surface area contributed by atoms with Crippen LogP contribution in [0, 0.1) is 0 Å². The average Bonchev–Trinajstić information content (AvgIpc) is 3.42. The Kier molecular flexibility index (Phi) is 4.07. The van der Waals surface area contributed by atoms with E-state index in [1.165, 1.54) is 0 Å². The minimum atomic E-state index is -0.364. The van der Waals surface area contributed by atoms with Crippen LogP contribution in [0.15, 0.2) is 48.8 Å². The van der Waals surface area contributed by atoms with Crippen molar-refractivity contribution in [3.05, 3.63) is 59.9 Å². The second-order valence-corrected chi connectivity index (χ2v) is 6.19. The molecule has 0 aliphatic heterocycles. The number of carbonyl (C=O) groups is 1. The summed E-state index contributed by atoms with van der Waals surface area (Å²) in [7, 11) is 3.53. The van der Waals surface area contributed by atoms with Gasteiger partial charge in [0.15, 0.2) is 0 Å². The topological polar surface area (TPSA) is 42.4 Å². The lowest BCUT2D eigenvalue weighted by molar-refractivity contribution is -0.134. The summed E-state index contributed by atoms with van der Waals surface area (Å²) < 4.78 is 5.20. The first-order valence-corrected chi connectivity index (χ1v) is 7.90. The Morgan fingerprint density at radius 2 is 1.96 bits per heavy atom. The molecule has 0 N–H and O–H groups in total. The number of hydrogen-bond acceptors (Lipinski definition) is 3. The Balaban J connectivity index is 1.81. The number of carbonyl (C=O) groups excluding carboxylic acids is 1. The van der Waals surface area contributed by atoms with Crippen molar-refractivity contribution in [1.82, 2.24) is 9.88 Å². The zero-order chi connectivity index (χ0) is 16.4. The van der Waals surface area contributed by atoms with Crippen molar-refractivity contribution in [2.24, 2.45) is 0 Å². The van der Waals surface area contributed by atoms with E-state index in [9.17, 15) is 4.79 Å². The largest absolute Gasteiger partial charge is 0.497 e. The Morgan fingerprint density at radius 3 is 2.48 bits per heavy atom. The maximum Gasteiger partial charge on any atom is 0.233 e. The Bertz CT molecular complexity index is 678. The third-order valence-electron chi connectivity index (χ3n) is 4.87. The lowest BCUT2D eigenvalue weighted by Crippen LogP contribution is -2.38. The molecular formula is C19H22N2O2.